The third kappa shape index (κ3) is 6.32. The third-order valence-corrected chi connectivity index (χ3v) is 5.15. The predicted octanol–water partition coefficient (Wildman–Crippen LogP) is 1.10. The fraction of sp³-hybridized carbons (Fsp3) is 0.875. The summed E-state index contributed by atoms with van der Waals surface area (Å²) in [5.41, 5.74) is -0.526. The Morgan fingerprint density at radius 3 is 2.71 bits per heavy atom. The van der Waals surface area contributed by atoms with Crippen molar-refractivity contribution in [1.29, 1.82) is 0 Å². The first-order chi connectivity index (χ1) is 6.54. The van der Waals surface area contributed by atoms with Crippen molar-refractivity contribution in [2.75, 3.05) is 26.8 Å². The minimum absolute atomic E-state index is 0.152. The summed E-state index contributed by atoms with van der Waals surface area (Å²) in [6.45, 7) is 5.50. The van der Waals surface area contributed by atoms with Gasteiger partial charge in [0.25, 0.3) is 0 Å². The van der Waals surface area contributed by atoms with Gasteiger partial charge in [-0.05, 0) is 0 Å². The molecule has 0 heterocycles. The van der Waals surface area contributed by atoms with Crippen molar-refractivity contribution in [3.05, 3.63) is 0 Å². The van der Waals surface area contributed by atoms with Crippen LogP contribution in [0.25, 0.3) is 0 Å². The first-order valence-electron chi connectivity index (χ1n) is 4.50. The zero-order chi connectivity index (χ0) is 11.0. The van der Waals surface area contributed by atoms with Crippen molar-refractivity contribution < 1.29 is 34.8 Å². The summed E-state index contributed by atoms with van der Waals surface area (Å²) in [5.74, 6) is -0.152. The van der Waals surface area contributed by atoms with E-state index in [0.29, 0.717) is 13.2 Å². The van der Waals surface area contributed by atoms with Crippen molar-refractivity contribution in [2.24, 2.45) is 5.41 Å². The van der Waals surface area contributed by atoms with E-state index < -0.39 is 28.0 Å². The molecule has 0 aliphatic rings. The van der Waals surface area contributed by atoms with Gasteiger partial charge in [0, 0.05) is 0 Å². The molecule has 4 nitrogen and oxygen atoms in total. The number of hydrogen-bond donors (Lipinski definition) is 1. The van der Waals surface area contributed by atoms with Crippen LogP contribution in [0.4, 0.5) is 0 Å². The maximum absolute atomic E-state index is 11.4. The van der Waals surface area contributed by atoms with Crippen LogP contribution >= 0.6 is 11.9 Å². The van der Waals surface area contributed by atoms with E-state index in [1.165, 1.54) is 0 Å². The Morgan fingerprint density at radius 2 is 2.21 bits per heavy atom. The third-order valence-electron chi connectivity index (χ3n) is 1.70. The average molecular weight is 455 g/mol. The molecule has 0 aliphatic carbocycles. The number of ether oxygens (including phenoxy) is 1. The van der Waals surface area contributed by atoms with Gasteiger partial charge < -0.3 is 0 Å². The van der Waals surface area contributed by atoms with E-state index in [4.69, 9.17) is 7.38 Å². The number of carbonyl (C=O) groups is 1. The second-order valence-electron chi connectivity index (χ2n) is 3.58. The van der Waals surface area contributed by atoms with Crippen LogP contribution in [0.15, 0.2) is 0 Å². The monoisotopic (exact) mass is 455 g/mol. The standard InChI is InChI=1S/C8H17NO3.BrH.Hg/c1-8(2,7(10)11)6-12-5-4-9-3;;/h9H,4-6H2,1-3H3,(H,10,11);1H;/q;;+2/p-2. The molecule has 0 aromatic heterocycles. The molecule has 0 radical (unpaired) electrons. The Balaban J connectivity index is 3.76. The van der Waals surface area contributed by atoms with Crippen molar-refractivity contribution in [3.8, 4) is 0 Å². The van der Waals surface area contributed by atoms with Gasteiger partial charge in [-0.25, -0.2) is 0 Å². The number of carbonyl (C=O) groups excluding carboxylic acids is 1. The van der Waals surface area contributed by atoms with Crippen molar-refractivity contribution in [2.45, 2.75) is 13.8 Å². The molecule has 0 amide bonds. The molecular formula is C8H16BrHgNO3. The van der Waals surface area contributed by atoms with Crippen LogP contribution in [0, 0.1) is 5.41 Å². The second-order valence-corrected chi connectivity index (χ2v) is 9.57. The van der Waals surface area contributed by atoms with Gasteiger partial charge in [0.05, 0.1) is 0 Å². The molecule has 1 N–H and O–H groups in total. The molecule has 0 unspecified atom stereocenters. The summed E-state index contributed by atoms with van der Waals surface area (Å²) < 4.78 is 10.4. The van der Waals surface area contributed by atoms with Gasteiger partial charge in [0.2, 0.25) is 0 Å². The Hall–Kier alpha value is 0.805. The van der Waals surface area contributed by atoms with E-state index in [-0.39, 0.29) is 5.97 Å². The van der Waals surface area contributed by atoms with Crippen molar-refractivity contribution in [3.63, 3.8) is 0 Å². The number of rotatable bonds is 7. The Labute approximate surface area is 103 Å². The fourth-order valence-corrected chi connectivity index (χ4v) is 4.53. The molecule has 6 heteroatoms. The summed E-state index contributed by atoms with van der Waals surface area (Å²) >= 11 is 1.77. The maximum atomic E-state index is 11.4. The van der Waals surface area contributed by atoms with Crippen LogP contribution in [-0.4, -0.2) is 32.8 Å². The van der Waals surface area contributed by atoms with Crippen LogP contribution < -0.4 is 5.32 Å². The fourth-order valence-electron chi connectivity index (χ4n) is 0.805. The first kappa shape index (κ1) is 14.8. The van der Waals surface area contributed by atoms with Crippen LogP contribution in [-0.2, 0) is 34.8 Å². The van der Waals surface area contributed by atoms with E-state index in [1.807, 2.05) is 20.9 Å². The van der Waals surface area contributed by atoms with E-state index in [0.717, 1.165) is 6.54 Å². The molecule has 0 rings (SSSR count). The van der Waals surface area contributed by atoms with Gasteiger partial charge in [-0.15, -0.1) is 0 Å². The van der Waals surface area contributed by atoms with Crippen molar-refractivity contribution in [1.82, 2.24) is 5.32 Å². The first-order valence-corrected chi connectivity index (χ1v) is 18.7. The predicted molar refractivity (Wildman–Crippen MR) is 53.5 cm³/mol. The number of halogens is 1. The molecular weight excluding hydrogens is 439 g/mol. The van der Waals surface area contributed by atoms with E-state index in [2.05, 4.69) is 17.2 Å². The Kier molecular flexibility index (Phi) is 8.48. The van der Waals surface area contributed by atoms with Crippen LogP contribution in [0.5, 0.6) is 0 Å². The van der Waals surface area contributed by atoms with Gasteiger partial charge in [0.15, 0.2) is 0 Å². The van der Waals surface area contributed by atoms with Gasteiger partial charge >= 0.3 is 104 Å². The summed E-state index contributed by atoms with van der Waals surface area (Å²) in [7, 11) is 1.86. The quantitative estimate of drug-likeness (QED) is 0.462. The molecule has 0 aromatic rings. The van der Waals surface area contributed by atoms with Crippen LogP contribution in [0.1, 0.15) is 13.8 Å². The Bertz CT molecular complexity index is 178. The normalized spacial score (nSPS) is 10.9. The molecule has 80 valence electrons. The number of hydrogen-bond acceptors (Lipinski definition) is 4. The van der Waals surface area contributed by atoms with Crippen LogP contribution in [0.2, 0.25) is 0 Å². The van der Waals surface area contributed by atoms with Crippen LogP contribution in [0.3, 0.4) is 0 Å². The Morgan fingerprint density at radius 1 is 1.57 bits per heavy atom. The van der Waals surface area contributed by atoms with Crippen molar-refractivity contribution >= 4 is 17.9 Å². The topological polar surface area (TPSA) is 47.6 Å². The average Bonchev–Trinajstić information content (AvgIpc) is 2.13. The van der Waals surface area contributed by atoms with Gasteiger partial charge in [0.1, 0.15) is 0 Å². The molecule has 0 atom stereocenters. The van der Waals surface area contributed by atoms with Gasteiger partial charge in [-0.1, -0.05) is 0 Å². The molecule has 14 heavy (non-hydrogen) atoms. The molecule has 0 bridgehead atoms. The van der Waals surface area contributed by atoms with E-state index in [1.54, 1.807) is 0 Å². The summed E-state index contributed by atoms with van der Waals surface area (Å²) in [6.07, 6.45) is 0. The zero-order valence-electron chi connectivity index (χ0n) is 8.93. The zero-order valence-corrected chi connectivity index (χ0v) is 16.0. The summed E-state index contributed by atoms with van der Waals surface area (Å²) in [5, 5.41) is 2.97. The summed E-state index contributed by atoms with van der Waals surface area (Å²) in [4.78, 5) is 11.4. The van der Waals surface area contributed by atoms with Gasteiger partial charge in [-0.3, -0.25) is 0 Å². The molecule has 0 spiro atoms. The minimum atomic E-state index is -1.50. The summed E-state index contributed by atoms with van der Waals surface area (Å²) in [6, 6.07) is 0. The molecule has 0 saturated carbocycles. The molecule has 0 saturated heterocycles. The number of nitrogens with one attached hydrogen (secondary N) is 1. The SMILES string of the molecule is CNCCOCC(C)(C)C(=O)[O][Hg][Br]. The number of likely N-dealkylation sites (N-methyl/N-ethyl adjacent to an activating group) is 1. The molecule has 0 fully saturated rings. The van der Waals surface area contributed by atoms with E-state index >= 15 is 0 Å². The molecule has 0 aliphatic heterocycles. The second kappa shape index (κ2) is 8.02. The molecule has 0 aromatic carbocycles. The van der Waals surface area contributed by atoms with E-state index in [9.17, 15) is 4.79 Å². The van der Waals surface area contributed by atoms with Gasteiger partial charge in [-0.2, -0.15) is 0 Å².